The van der Waals surface area contributed by atoms with Crippen molar-refractivity contribution in [2.45, 2.75) is 39.7 Å². The van der Waals surface area contributed by atoms with Crippen LogP contribution in [0.5, 0.6) is 0 Å². The van der Waals surface area contributed by atoms with Crippen LogP contribution in [0.15, 0.2) is 24.3 Å². The molecule has 1 aromatic heterocycles. The van der Waals surface area contributed by atoms with Gasteiger partial charge in [-0.3, -0.25) is 0 Å². The first-order chi connectivity index (χ1) is 8.50. The largest absolute Gasteiger partial charge is 0.347 e. The van der Waals surface area contributed by atoms with Crippen molar-refractivity contribution in [2.75, 3.05) is 0 Å². The molecule has 98 valence electrons. The highest BCUT2D eigenvalue weighted by atomic mass is 15.0. The number of hydrogen-bond donors (Lipinski definition) is 1. The van der Waals surface area contributed by atoms with Crippen LogP contribution >= 0.6 is 0 Å². The third-order valence-electron chi connectivity index (χ3n) is 3.74. The number of fused-ring (bicyclic) bond motifs is 1. The zero-order valence-electron chi connectivity index (χ0n) is 11.9. The van der Waals surface area contributed by atoms with Gasteiger partial charge in [-0.05, 0) is 30.9 Å². The van der Waals surface area contributed by atoms with Crippen molar-refractivity contribution < 1.29 is 0 Å². The lowest BCUT2D eigenvalue weighted by Gasteiger charge is -2.15. The van der Waals surface area contributed by atoms with Gasteiger partial charge in [0.25, 0.3) is 0 Å². The predicted molar refractivity (Wildman–Crippen MR) is 78.8 cm³/mol. The van der Waals surface area contributed by atoms with Gasteiger partial charge in [-0.15, -0.1) is 0 Å². The molecule has 2 aromatic rings. The monoisotopic (exact) mass is 244 g/mol. The fourth-order valence-electron chi connectivity index (χ4n) is 2.86. The smallest absolute Gasteiger partial charge is 0.0482 e. The van der Waals surface area contributed by atoms with Crippen molar-refractivity contribution in [1.29, 1.82) is 0 Å². The number of aryl methyl sites for hydroxylation is 2. The van der Waals surface area contributed by atoms with Gasteiger partial charge in [0.2, 0.25) is 0 Å². The Balaban J connectivity index is 2.33. The predicted octanol–water partition coefficient (Wildman–Crippen LogP) is 3.40. The lowest BCUT2D eigenvalue weighted by atomic mass is 9.99. The molecule has 1 atom stereocenters. The number of aromatic nitrogens is 1. The molecule has 0 aliphatic carbocycles. The van der Waals surface area contributed by atoms with Crippen LogP contribution < -0.4 is 5.73 Å². The highest BCUT2D eigenvalue weighted by Crippen LogP contribution is 2.25. The van der Waals surface area contributed by atoms with Crippen LogP contribution in [-0.4, -0.2) is 10.6 Å². The number of hydrogen-bond acceptors (Lipinski definition) is 1. The Morgan fingerprint density at radius 3 is 2.50 bits per heavy atom. The Labute approximate surface area is 110 Å². The van der Waals surface area contributed by atoms with Crippen LogP contribution in [-0.2, 0) is 13.5 Å². The molecular formula is C16H24N2. The maximum absolute atomic E-state index is 6.25. The summed E-state index contributed by atoms with van der Waals surface area (Å²) in [5.41, 5.74) is 10.3. The molecule has 2 N–H and O–H groups in total. The third kappa shape index (κ3) is 2.44. The van der Waals surface area contributed by atoms with E-state index in [1.54, 1.807) is 0 Å². The average Bonchev–Trinajstić information content (AvgIpc) is 2.54. The Hall–Kier alpha value is -1.28. The summed E-state index contributed by atoms with van der Waals surface area (Å²) in [4.78, 5) is 0. The van der Waals surface area contributed by atoms with E-state index in [1.165, 1.54) is 22.2 Å². The first kappa shape index (κ1) is 13.2. The van der Waals surface area contributed by atoms with Gasteiger partial charge in [0.15, 0.2) is 0 Å². The second kappa shape index (κ2) is 5.15. The first-order valence-corrected chi connectivity index (χ1v) is 6.79. The lowest BCUT2D eigenvalue weighted by Crippen LogP contribution is -2.26. The van der Waals surface area contributed by atoms with E-state index in [2.05, 4.69) is 56.7 Å². The summed E-state index contributed by atoms with van der Waals surface area (Å²) >= 11 is 0. The van der Waals surface area contributed by atoms with Crippen molar-refractivity contribution in [1.82, 2.24) is 4.57 Å². The summed E-state index contributed by atoms with van der Waals surface area (Å²) < 4.78 is 2.30. The van der Waals surface area contributed by atoms with Crippen LogP contribution in [0, 0.1) is 12.8 Å². The molecule has 1 unspecified atom stereocenters. The van der Waals surface area contributed by atoms with Crippen molar-refractivity contribution in [2.24, 2.45) is 18.7 Å². The SMILES string of the molecule is Cc1c(CC(N)CC(C)C)n(C)c2ccccc12. The first-order valence-electron chi connectivity index (χ1n) is 6.79. The summed E-state index contributed by atoms with van der Waals surface area (Å²) in [6, 6.07) is 8.83. The standard InChI is InChI=1S/C16H24N2/c1-11(2)9-13(17)10-16-12(3)14-7-5-6-8-15(14)18(16)4/h5-8,11,13H,9-10,17H2,1-4H3. The second-order valence-electron chi connectivity index (χ2n) is 5.74. The Kier molecular flexibility index (Phi) is 3.76. The summed E-state index contributed by atoms with van der Waals surface area (Å²) in [5.74, 6) is 0.662. The van der Waals surface area contributed by atoms with E-state index in [-0.39, 0.29) is 6.04 Å². The van der Waals surface area contributed by atoms with Crippen molar-refractivity contribution in [3.05, 3.63) is 35.5 Å². The van der Waals surface area contributed by atoms with Crippen LogP contribution in [0.4, 0.5) is 0 Å². The quantitative estimate of drug-likeness (QED) is 0.878. The molecular weight excluding hydrogens is 220 g/mol. The molecule has 0 spiro atoms. The minimum Gasteiger partial charge on any atom is -0.347 e. The van der Waals surface area contributed by atoms with Crippen LogP contribution in [0.25, 0.3) is 10.9 Å². The van der Waals surface area contributed by atoms with Crippen LogP contribution in [0.2, 0.25) is 0 Å². The molecule has 0 saturated heterocycles. The molecule has 0 bridgehead atoms. The maximum Gasteiger partial charge on any atom is 0.0482 e. The van der Waals surface area contributed by atoms with Gasteiger partial charge in [-0.25, -0.2) is 0 Å². The summed E-state index contributed by atoms with van der Waals surface area (Å²) in [6.45, 7) is 6.67. The summed E-state index contributed by atoms with van der Waals surface area (Å²) in [5, 5.41) is 1.35. The molecule has 18 heavy (non-hydrogen) atoms. The molecule has 0 saturated carbocycles. The second-order valence-corrected chi connectivity index (χ2v) is 5.74. The van der Waals surface area contributed by atoms with Gasteiger partial charge < -0.3 is 10.3 Å². The van der Waals surface area contributed by atoms with E-state index in [0.29, 0.717) is 5.92 Å². The Morgan fingerprint density at radius 2 is 1.89 bits per heavy atom. The van der Waals surface area contributed by atoms with Gasteiger partial charge in [-0.1, -0.05) is 32.0 Å². The highest BCUT2D eigenvalue weighted by Gasteiger charge is 2.14. The van der Waals surface area contributed by atoms with E-state index >= 15 is 0 Å². The van der Waals surface area contributed by atoms with Gasteiger partial charge in [-0.2, -0.15) is 0 Å². The van der Waals surface area contributed by atoms with E-state index in [0.717, 1.165) is 12.8 Å². The van der Waals surface area contributed by atoms with Gasteiger partial charge in [0, 0.05) is 36.1 Å². The normalized spacial score (nSPS) is 13.4. The van der Waals surface area contributed by atoms with E-state index < -0.39 is 0 Å². The van der Waals surface area contributed by atoms with Gasteiger partial charge in [0.1, 0.15) is 0 Å². The number of rotatable bonds is 4. The number of nitrogens with two attached hydrogens (primary N) is 1. The van der Waals surface area contributed by atoms with Crippen molar-refractivity contribution >= 4 is 10.9 Å². The Bertz CT molecular complexity index is 498. The van der Waals surface area contributed by atoms with Crippen molar-refractivity contribution in [3.8, 4) is 0 Å². The molecule has 0 radical (unpaired) electrons. The highest BCUT2D eigenvalue weighted by molar-refractivity contribution is 5.85. The third-order valence-corrected chi connectivity index (χ3v) is 3.74. The zero-order chi connectivity index (χ0) is 13.3. The molecule has 2 nitrogen and oxygen atoms in total. The number of nitrogens with zero attached hydrogens (tertiary/aromatic N) is 1. The lowest BCUT2D eigenvalue weighted by molar-refractivity contribution is 0.486. The average molecular weight is 244 g/mol. The number of benzene rings is 1. The van der Waals surface area contributed by atoms with Gasteiger partial charge in [0.05, 0.1) is 0 Å². The molecule has 1 aromatic carbocycles. The molecule has 0 amide bonds. The van der Waals surface area contributed by atoms with Crippen LogP contribution in [0.1, 0.15) is 31.5 Å². The maximum atomic E-state index is 6.25. The summed E-state index contributed by atoms with van der Waals surface area (Å²) in [7, 11) is 2.15. The van der Waals surface area contributed by atoms with E-state index in [4.69, 9.17) is 5.73 Å². The molecule has 1 heterocycles. The topological polar surface area (TPSA) is 30.9 Å². The zero-order valence-corrected chi connectivity index (χ0v) is 11.9. The fourth-order valence-corrected chi connectivity index (χ4v) is 2.86. The van der Waals surface area contributed by atoms with Gasteiger partial charge >= 0.3 is 0 Å². The van der Waals surface area contributed by atoms with Crippen molar-refractivity contribution in [3.63, 3.8) is 0 Å². The molecule has 2 rings (SSSR count). The van der Waals surface area contributed by atoms with E-state index in [1.807, 2.05) is 0 Å². The molecule has 0 fully saturated rings. The minimum absolute atomic E-state index is 0.256. The molecule has 0 aliphatic heterocycles. The van der Waals surface area contributed by atoms with Crippen LogP contribution in [0.3, 0.4) is 0 Å². The fraction of sp³-hybridized carbons (Fsp3) is 0.500. The molecule has 0 aliphatic rings. The molecule has 2 heteroatoms. The summed E-state index contributed by atoms with van der Waals surface area (Å²) in [6.07, 6.45) is 2.05. The number of para-hydroxylation sites is 1. The van der Waals surface area contributed by atoms with E-state index in [9.17, 15) is 0 Å². The minimum atomic E-state index is 0.256. The Morgan fingerprint density at radius 1 is 1.22 bits per heavy atom.